The van der Waals surface area contributed by atoms with Crippen LogP contribution in [0.3, 0.4) is 0 Å². The van der Waals surface area contributed by atoms with Gasteiger partial charge in [-0.2, -0.15) is 0 Å². The van der Waals surface area contributed by atoms with Crippen molar-refractivity contribution in [2.45, 2.75) is 12.7 Å². The van der Waals surface area contributed by atoms with Crippen molar-refractivity contribution < 1.29 is 23.3 Å². The maximum absolute atomic E-state index is 13.2. The Kier molecular flexibility index (Phi) is 5.39. The fourth-order valence-corrected chi connectivity index (χ4v) is 3.19. The van der Waals surface area contributed by atoms with Gasteiger partial charge in [0, 0.05) is 22.1 Å². The Hall–Kier alpha value is -2.34. The molecule has 0 aliphatic carbocycles. The maximum atomic E-state index is 13.2. The van der Waals surface area contributed by atoms with Crippen molar-refractivity contribution in [2.24, 2.45) is 0 Å². The van der Waals surface area contributed by atoms with Crippen LogP contribution in [0.5, 0.6) is 0 Å². The molecule has 0 bridgehead atoms. The minimum atomic E-state index is -1.47. The zero-order valence-corrected chi connectivity index (χ0v) is 13.2. The summed E-state index contributed by atoms with van der Waals surface area (Å²) in [6, 6.07) is 10.1. The molecule has 120 valence electrons. The number of rotatable bonds is 6. The first kappa shape index (κ1) is 17.0. The predicted octanol–water partition coefficient (Wildman–Crippen LogP) is 2.96. The van der Waals surface area contributed by atoms with E-state index in [9.17, 15) is 18.2 Å². The van der Waals surface area contributed by atoms with E-state index in [1.165, 1.54) is 30.3 Å². The standard InChI is InChI=1S/C17H15FO4S/c1-11-7-13(5-6-15(11)18)16(19)10-23(22)9-12-3-2-4-14(8-12)17(20)21/h2-8H,9-10H2,1H3,(H,20,21). The minimum absolute atomic E-state index is 0.0903. The maximum Gasteiger partial charge on any atom is 0.335 e. The highest BCUT2D eigenvalue weighted by atomic mass is 32.2. The van der Waals surface area contributed by atoms with Gasteiger partial charge < -0.3 is 5.11 Å². The molecule has 1 atom stereocenters. The van der Waals surface area contributed by atoms with Crippen LogP contribution in [0.25, 0.3) is 0 Å². The van der Waals surface area contributed by atoms with E-state index in [-0.39, 0.29) is 22.9 Å². The molecule has 0 heterocycles. The van der Waals surface area contributed by atoms with Crippen LogP contribution in [-0.2, 0) is 16.6 Å². The summed E-state index contributed by atoms with van der Waals surface area (Å²) in [6.45, 7) is 1.56. The lowest BCUT2D eigenvalue weighted by Crippen LogP contribution is -2.13. The highest BCUT2D eigenvalue weighted by Gasteiger charge is 2.13. The number of hydrogen-bond donors (Lipinski definition) is 1. The van der Waals surface area contributed by atoms with Crippen molar-refractivity contribution in [2.75, 3.05) is 5.75 Å². The molecule has 6 heteroatoms. The molecule has 2 rings (SSSR count). The first-order chi connectivity index (χ1) is 10.9. The molecule has 0 fully saturated rings. The number of aryl methyl sites for hydroxylation is 1. The average molecular weight is 334 g/mol. The van der Waals surface area contributed by atoms with Crippen LogP contribution in [0.1, 0.15) is 31.8 Å². The number of benzene rings is 2. The summed E-state index contributed by atoms with van der Waals surface area (Å²) in [4.78, 5) is 23.0. The number of carboxylic acid groups (broad SMARTS) is 1. The van der Waals surface area contributed by atoms with Gasteiger partial charge in [-0.3, -0.25) is 9.00 Å². The Morgan fingerprint density at radius 3 is 2.52 bits per heavy atom. The molecule has 0 amide bonds. The molecule has 2 aromatic carbocycles. The van der Waals surface area contributed by atoms with E-state index in [1.54, 1.807) is 19.1 Å². The molecule has 0 radical (unpaired) electrons. The molecule has 4 nitrogen and oxygen atoms in total. The van der Waals surface area contributed by atoms with Crippen LogP contribution >= 0.6 is 0 Å². The molecule has 23 heavy (non-hydrogen) atoms. The van der Waals surface area contributed by atoms with Gasteiger partial charge in [0.25, 0.3) is 0 Å². The van der Waals surface area contributed by atoms with Crippen molar-refractivity contribution in [3.8, 4) is 0 Å². The second-order valence-electron chi connectivity index (χ2n) is 5.12. The molecule has 1 N–H and O–H groups in total. The first-order valence-electron chi connectivity index (χ1n) is 6.83. The van der Waals surface area contributed by atoms with Crippen LogP contribution in [0.15, 0.2) is 42.5 Å². The number of aromatic carboxylic acids is 1. The quantitative estimate of drug-likeness (QED) is 0.825. The fourth-order valence-electron chi connectivity index (χ4n) is 2.08. The highest BCUT2D eigenvalue weighted by Crippen LogP contribution is 2.12. The monoisotopic (exact) mass is 334 g/mol. The van der Waals surface area contributed by atoms with E-state index in [2.05, 4.69) is 0 Å². The third-order valence-corrected chi connectivity index (χ3v) is 4.51. The average Bonchev–Trinajstić information content (AvgIpc) is 2.50. The molecular formula is C17H15FO4S. The summed E-state index contributed by atoms with van der Waals surface area (Å²) >= 11 is 0. The van der Waals surface area contributed by atoms with Crippen molar-refractivity contribution >= 4 is 22.6 Å². The van der Waals surface area contributed by atoms with E-state index in [0.717, 1.165) is 0 Å². The zero-order valence-electron chi connectivity index (χ0n) is 12.4. The lowest BCUT2D eigenvalue weighted by Gasteiger charge is -2.05. The van der Waals surface area contributed by atoms with Crippen molar-refractivity contribution in [1.82, 2.24) is 0 Å². The summed E-state index contributed by atoms with van der Waals surface area (Å²) in [5.74, 6) is -1.89. The Morgan fingerprint density at radius 1 is 1.13 bits per heavy atom. The van der Waals surface area contributed by atoms with E-state index in [1.807, 2.05) is 0 Å². The van der Waals surface area contributed by atoms with Gasteiger partial charge in [-0.1, -0.05) is 12.1 Å². The van der Waals surface area contributed by atoms with E-state index in [4.69, 9.17) is 5.11 Å². The third-order valence-electron chi connectivity index (χ3n) is 3.27. The molecule has 0 spiro atoms. The number of carboxylic acids is 1. The summed E-state index contributed by atoms with van der Waals surface area (Å²) < 4.78 is 25.3. The summed E-state index contributed by atoms with van der Waals surface area (Å²) in [6.07, 6.45) is 0. The summed E-state index contributed by atoms with van der Waals surface area (Å²) in [5, 5.41) is 8.93. The Morgan fingerprint density at radius 2 is 1.87 bits per heavy atom. The van der Waals surface area contributed by atoms with Crippen LogP contribution in [0.2, 0.25) is 0 Å². The Bertz CT molecular complexity index is 786. The second-order valence-corrected chi connectivity index (χ2v) is 6.58. The normalized spacial score (nSPS) is 11.9. The summed E-state index contributed by atoms with van der Waals surface area (Å²) in [7, 11) is -1.47. The Labute approximate surface area is 135 Å². The lowest BCUT2D eigenvalue weighted by atomic mass is 10.1. The SMILES string of the molecule is Cc1cc(C(=O)CS(=O)Cc2cccc(C(=O)O)c2)ccc1F. The molecule has 1 unspecified atom stereocenters. The Balaban J connectivity index is 2.04. The van der Waals surface area contributed by atoms with Crippen molar-refractivity contribution in [3.05, 3.63) is 70.5 Å². The van der Waals surface area contributed by atoms with Crippen LogP contribution in [0.4, 0.5) is 4.39 Å². The fraction of sp³-hybridized carbons (Fsp3) is 0.176. The van der Waals surface area contributed by atoms with Crippen LogP contribution in [-0.4, -0.2) is 26.8 Å². The summed E-state index contributed by atoms with van der Waals surface area (Å²) in [5.41, 5.74) is 1.37. The van der Waals surface area contributed by atoms with Gasteiger partial charge in [-0.25, -0.2) is 9.18 Å². The van der Waals surface area contributed by atoms with Crippen molar-refractivity contribution in [1.29, 1.82) is 0 Å². The topological polar surface area (TPSA) is 71.4 Å². The number of Topliss-reactive ketones (excluding diaryl/α,β-unsaturated/α-hetero) is 1. The molecule has 2 aromatic rings. The van der Waals surface area contributed by atoms with E-state index in [0.29, 0.717) is 16.7 Å². The third kappa shape index (κ3) is 4.56. The van der Waals surface area contributed by atoms with Gasteiger partial charge in [-0.15, -0.1) is 0 Å². The molecule has 0 aromatic heterocycles. The minimum Gasteiger partial charge on any atom is -0.478 e. The van der Waals surface area contributed by atoms with Crippen LogP contribution < -0.4 is 0 Å². The van der Waals surface area contributed by atoms with Gasteiger partial charge >= 0.3 is 5.97 Å². The van der Waals surface area contributed by atoms with E-state index >= 15 is 0 Å². The van der Waals surface area contributed by atoms with Gasteiger partial charge in [0.05, 0.1) is 11.3 Å². The predicted molar refractivity (Wildman–Crippen MR) is 85.6 cm³/mol. The van der Waals surface area contributed by atoms with Crippen molar-refractivity contribution in [3.63, 3.8) is 0 Å². The number of hydrogen-bond acceptors (Lipinski definition) is 3. The zero-order chi connectivity index (χ0) is 17.0. The molecular weight excluding hydrogens is 319 g/mol. The van der Waals surface area contributed by atoms with Crippen LogP contribution in [0, 0.1) is 12.7 Å². The van der Waals surface area contributed by atoms with Gasteiger partial charge in [0.15, 0.2) is 5.78 Å². The molecule has 0 saturated carbocycles. The van der Waals surface area contributed by atoms with Gasteiger partial charge in [-0.05, 0) is 48.4 Å². The second kappa shape index (κ2) is 7.28. The molecule has 0 saturated heterocycles. The lowest BCUT2D eigenvalue weighted by molar-refractivity contribution is 0.0696. The smallest absolute Gasteiger partial charge is 0.335 e. The number of carbonyl (C=O) groups is 2. The highest BCUT2D eigenvalue weighted by molar-refractivity contribution is 7.85. The van der Waals surface area contributed by atoms with Gasteiger partial charge in [0.2, 0.25) is 0 Å². The first-order valence-corrected chi connectivity index (χ1v) is 8.32. The van der Waals surface area contributed by atoms with Gasteiger partial charge in [0.1, 0.15) is 5.82 Å². The molecule has 0 aliphatic heterocycles. The largest absolute Gasteiger partial charge is 0.478 e. The number of carbonyl (C=O) groups excluding carboxylic acids is 1. The molecule has 0 aliphatic rings. The van der Waals surface area contributed by atoms with E-state index < -0.39 is 22.6 Å². The number of ketones is 1. The number of halogens is 1.